The fourth-order valence-electron chi connectivity index (χ4n) is 4.54. The first-order chi connectivity index (χ1) is 18.4. The first-order valence-corrected chi connectivity index (χ1v) is 12.9. The van der Waals surface area contributed by atoms with Crippen LogP contribution in [0, 0.1) is 6.92 Å². The molecule has 1 saturated heterocycles. The third-order valence-corrected chi connectivity index (χ3v) is 6.78. The van der Waals surface area contributed by atoms with E-state index in [1.165, 1.54) is 12.7 Å². The zero-order valence-corrected chi connectivity index (χ0v) is 21.9. The second-order valence-electron chi connectivity index (χ2n) is 9.31. The lowest BCUT2D eigenvalue weighted by Crippen LogP contribution is -2.50. The number of hydrogen-bond donors (Lipinski definition) is 2. The Morgan fingerprint density at radius 1 is 0.868 bits per heavy atom. The fraction of sp³-hybridized carbons (Fsp3) is 0.300. The number of methoxy groups -OCH3 is 1. The van der Waals surface area contributed by atoms with Crippen LogP contribution in [-0.4, -0.2) is 56.1 Å². The summed E-state index contributed by atoms with van der Waals surface area (Å²) >= 11 is 0. The third kappa shape index (κ3) is 6.91. The number of nitrogens with zero attached hydrogens (tertiary/aromatic N) is 2. The van der Waals surface area contributed by atoms with Gasteiger partial charge in [0.1, 0.15) is 0 Å². The van der Waals surface area contributed by atoms with Crippen molar-refractivity contribution in [3.05, 3.63) is 89.5 Å². The van der Waals surface area contributed by atoms with E-state index >= 15 is 0 Å². The Hall–Kier alpha value is -4.33. The van der Waals surface area contributed by atoms with Gasteiger partial charge in [-0.05, 0) is 67.3 Å². The minimum atomic E-state index is -0.430. The quantitative estimate of drug-likeness (QED) is 0.380. The summed E-state index contributed by atoms with van der Waals surface area (Å²) in [5.41, 5.74) is 4.77. The molecule has 4 rings (SSSR count). The summed E-state index contributed by atoms with van der Waals surface area (Å²) in [5.74, 6) is -0.415. The zero-order valence-electron chi connectivity index (χ0n) is 21.9. The van der Waals surface area contributed by atoms with E-state index < -0.39 is 5.97 Å². The first-order valence-electron chi connectivity index (χ1n) is 12.9. The number of amides is 3. The van der Waals surface area contributed by atoms with Crippen molar-refractivity contribution >= 4 is 35.0 Å². The first kappa shape index (κ1) is 26.7. The number of hydrogen-bond acceptors (Lipinski definition) is 5. The van der Waals surface area contributed by atoms with Crippen LogP contribution >= 0.6 is 0 Å². The number of carbonyl (C=O) groups excluding carboxylic acids is 3. The van der Waals surface area contributed by atoms with Gasteiger partial charge in [-0.2, -0.15) is 0 Å². The van der Waals surface area contributed by atoms with Crippen LogP contribution in [0.1, 0.15) is 37.2 Å². The van der Waals surface area contributed by atoms with Gasteiger partial charge in [-0.15, -0.1) is 0 Å². The molecule has 8 nitrogen and oxygen atoms in total. The molecule has 202 valence electrons. The summed E-state index contributed by atoms with van der Waals surface area (Å²) in [6, 6.07) is 23.0. The van der Waals surface area contributed by atoms with Crippen LogP contribution in [0.3, 0.4) is 0 Å². The molecule has 0 unspecified atom stereocenters. The molecular formula is C30H38N4O4. The van der Waals surface area contributed by atoms with E-state index in [-0.39, 0.29) is 14.8 Å². The second kappa shape index (κ2) is 12.8. The number of rotatable bonds is 8. The fourth-order valence-corrected chi connectivity index (χ4v) is 4.54. The molecule has 8 heteroatoms. The van der Waals surface area contributed by atoms with Gasteiger partial charge in [0.2, 0.25) is 5.91 Å². The summed E-state index contributed by atoms with van der Waals surface area (Å²) in [6.07, 6.45) is 2.17. The lowest BCUT2D eigenvalue weighted by molar-refractivity contribution is -0.116. The normalized spacial score (nSPS) is 13.1. The molecular weight excluding hydrogens is 480 g/mol. The summed E-state index contributed by atoms with van der Waals surface area (Å²) in [4.78, 5) is 41.1. The van der Waals surface area contributed by atoms with Crippen molar-refractivity contribution in [2.45, 2.75) is 26.2 Å². The van der Waals surface area contributed by atoms with Crippen molar-refractivity contribution in [1.82, 2.24) is 4.90 Å². The summed E-state index contributed by atoms with van der Waals surface area (Å²) in [6.45, 7) is 4.32. The van der Waals surface area contributed by atoms with Gasteiger partial charge in [-0.25, -0.2) is 9.59 Å². The van der Waals surface area contributed by atoms with Crippen LogP contribution in [0.25, 0.3) is 0 Å². The Kier molecular flexibility index (Phi) is 8.98. The smallest absolute Gasteiger partial charge is 0.338 e. The number of nitrogens with one attached hydrogen (secondary N) is 2. The van der Waals surface area contributed by atoms with Gasteiger partial charge in [0, 0.05) is 52.5 Å². The standard InChI is InChI=1S/C30H34N4O4.2H2/c1-22-26(29(36)38-2)11-7-12-27(22)32-30(37)34-20-18-33(19-21-34)25-16-14-24(15-17-25)31-28(35)13-6-10-23-8-4-3-5-9-23;;/h3-5,7-9,11-12,14-17H,6,10,13,18-21H2,1-2H3,(H,31,35)(H,32,37);2*1H. The molecule has 3 aromatic carbocycles. The predicted molar refractivity (Wildman–Crippen MR) is 154 cm³/mol. The molecule has 3 aromatic rings. The van der Waals surface area contributed by atoms with Gasteiger partial charge in [0.25, 0.3) is 0 Å². The summed E-state index contributed by atoms with van der Waals surface area (Å²) < 4.78 is 4.82. The lowest BCUT2D eigenvalue weighted by Gasteiger charge is -2.36. The van der Waals surface area contributed by atoms with Crippen LogP contribution in [0.5, 0.6) is 0 Å². The van der Waals surface area contributed by atoms with Crippen LogP contribution in [0.15, 0.2) is 72.8 Å². The number of carbonyl (C=O) groups is 3. The maximum atomic E-state index is 12.9. The zero-order chi connectivity index (χ0) is 26.9. The highest BCUT2D eigenvalue weighted by molar-refractivity contribution is 5.96. The van der Waals surface area contributed by atoms with Crippen molar-refractivity contribution in [1.29, 1.82) is 0 Å². The van der Waals surface area contributed by atoms with E-state index in [0.29, 0.717) is 49.4 Å². The van der Waals surface area contributed by atoms with E-state index in [0.717, 1.165) is 24.2 Å². The molecule has 1 fully saturated rings. The molecule has 2 N–H and O–H groups in total. The predicted octanol–water partition coefficient (Wildman–Crippen LogP) is 5.59. The Labute approximate surface area is 226 Å². The number of piperazine rings is 1. The molecule has 3 amide bonds. The highest BCUT2D eigenvalue weighted by Gasteiger charge is 2.22. The average molecular weight is 519 g/mol. The molecule has 0 bridgehead atoms. The molecule has 38 heavy (non-hydrogen) atoms. The number of esters is 1. The second-order valence-corrected chi connectivity index (χ2v) is 9.31. The monoisotopic (exact) mass is 518 g/mol. The molecule has 0 radical (unpaired) electrons. The van der Waals surface area contributed by atoms with E-state index in [1.807, 2.05) is 42.5 Å². The topological polar surface area (TPSA) is 91.0 Å². The maximum absolute atomic E-state index is 12.9. The van der Waals surface area contributed by atoms with Gasteiger partial charge >= 0.3 is 12.0 Å². The number of aryl methyl sites for hydroxylation is 1. The highest BCUT2D eigenvalue weighted by Crippen LogP contribution is 2.22. The Bertz CT molecular complexity index is 1260. The van der Waals surface area contributed by atoms with Crippen LogP contribution in [-0.2, 0) is 16.0 Å². The SMILES string of the molecule is COC(=O)c1cccc(NC(=O)N2CCN(c3ccc(NC(=O)CCCc4ccccc4)cc3)CC2)c1C.[HH].[HH]. The van der Waals surface area contributed by atoms with Gasteiger partial charge in [0.15, 0.2) is 0 Å². The Balaban J connectivity index is 0.00000280. The highest BCUT2D eigenvalue weighted by atomic mass is 16.5. The van der Waals surface area contributed by atoms with E-state index in [1.54, 1.807) is 30.0 Å². The van der Waals surface area contributed by atoms with Crippen molar-refractivity contribution in [2.24, 2.45) is 0 Å². The van der Waals surface area contributed by atoms with Crippen molar-refractivity contribution in [2.75, 3.05) is 48.8 Å². The van der Waals surface area contributed by atoms with Crippen molar-refractivity contribution in [3.8, 4) is 0 Å². The molecule has 0 spiro atoms. The molecule has 0 aliphatic carbocycles. The van der Waals surface area contributed by atoms with Gasteiger partial charge in [-0.3, -0.25) is 4.79 Å². The molecule has 0 saturated carbocycles. The summed E-state index contributed by atoms with van der Waals surface area (Å²) in [7, 11) is 1.34. The minimum Gasteiger partial charge on any atom is -0.465 e. The lowest BCUT2D eigenvalue weighted by atomic mass is 10.1. The maximum Gasteiger partial charge on any atom is 0.338 e. The molecule has 1 heterocycles. The van der Waals surface area contributed by atoms with Crippen LogP contribution in [0.2, 0.25) is 0 Å². The van der Waals surface area contributed by atoms with Gasteiger partial charge in [0.05, 0.1) is 12.7 Å². The average Bonchev–Trinajstić information content (AvgIpc) is 2.95. The minimum absolute atomic E-state index is 0. The molecule has 1 aliphatic rings. The molecule has 0 atom stereocenters. The van der Waals surface area contributed by atoms with Crippen LogP contribution in [0.4, 0.5) is 21.9 Å². The van der Waals surface area contributed by atoms with Crippen molar-refractivity contribution in [3.63, 3.8) is 0 Å². The number of ether oxygens (including phenoxy) is 1. The Morgan fingerprint density at radius 3 is 2.26 bits per heavy atom. The molecule has 1 aliphatic heterocycles. The van der Waals surface area contributed by atoms with E-state index in [9.17, 15) is 14.4 Å². The third-order valence-electron chi connectivity index (χ3n) is 6.78. The van der Waals surface area contributed by atoms with Crippen molar-refractivity contribution < 1.29 is 22.0 Å². The summed E-state index contributed by atoms with van der Waals surface area (Å²) in [5, 5.41) is 5.90. The van der Waals surface area contributed by atoms with Gasteiger partial charge < -0.3 is 25.2 Å². The number of benzene rings is 3. The van der Waals surface area contributed by atoms with E-state index in [4.69, 9.17) is 4.74 Å². The molecule has 0 aromatic heterocycles. The largest absolute Gasteiger partial charge is 0.465 e. The van der Waals surface area contributed by atoms with Gasteiger partial charge in [-0.1, -0.05) is 36.4 Å². The van der Waals surface area contributed by atoms with Crippen LogP contribution < -0.4 is 15.5 Å². The number of anilines is 3. The van der Waals surface area contributed by atoms with E-state index in [2.05, 4.69) is 27.7 Å². The number of urea groups is 1. The Morgan fingerprint density at radius 2 is 1.58 bits per heavy atom.